The Morgan fingerprint density at radius 1 is 1.05 bits per heavy atom. The molecule has 1 aliphatic rings. The van der Waals surface area contributed by atoms with Crippen LogP contribution in [-0.2, 0) is 9.59 Å². The number of rotatable bonds is 5. The third-order valence-corrected chi connectivity index (χ3v) is 5.28. The summed E-state index contributed by atoms with van der Waals surface area (Å²) in [5, 5.41) is 18.0. The first-order valence-electron chi connectivity index (χ1n) is 6.74. The third kappa shape index (κ3) is 3.76. The summed E-state index contributed by atoms with van der Waals surface area (Å²) in [7, 11) is 0. The Morgan fingerprint density at radius 2 is 1.65 bits per heavy atom. The Labute approximate surface area is 122 Å². The van der Waals surface area contributed by atoms with Crippen molar-refractivity contribution >= 4 is 23.7 Å². The fourth-order valence-corrected chi connectivity index (χ4v) is 3.91. The molecule has 4 nitrogen and oxygen atoms in total. The molecule has 5 heteroatoms. The molecule has 0 saturated heterocycles. The Balaban J connectivity index is 1.97. The van der Waals surface area contributed by atoms with Gasteiger partial charge in [-0.25, -0.2) is 0 Å². The van der Waals surface area contributed by atoms with Gasteiger partial charge in [0.05, 0.1) is 5.92 Å². The highest BCUT2D eigenvalue weighted by molar-refractivity contribution is 8.00. The number of benzene rings is 1. The van der Waals surface area contributed by atoms with Gasteiger partial charge < -0.3 is 10.2 Å². The van der Waals surface area contributed by atoms with Crippen molar-refractivity contribution in [2.75, 3.05) is 0 Å². The third-order valence-electron chi connectivity index (χ3n) is 3.68. The molecule has 0 aliphatic heterocycles. The van der Waals surface area contributed by atoms with Gasteiger partial charge in [0.25, 0.3) is 0 Å². The molecule has 1 unspecified atom stereocenters. The fraction of sp³-hybridized carbons (Fsp3) is 0.467. The van der Waals surface area contributed by atoms with E-state index in [1.54, 1.807) is 0 Å². The van der Waals surface area contributed by atoms with E-state index in [4.69, 9.17) is 5.11 Å². The summed E-state index contributed by atoms with van der Waals surface area (Å²) in [6.45, 7) is 0. The largest absolute Gasteiger partial charge is 0.481 e. The lowest BCUT2D eigenvalue weighted by atomic mass is 9.89. The lowest BCUT2D eigenvalue weighted by Crippen LogP contribution is -2.24. The van der Waals surface area contributed by atoms with Crippen LogP contribution in [0.3, 0.4) is 0 Å². The van der Waals surface area contributed by atoms with Gasteiger partial charge in [-0.1, -0.05) is 30.3 Å². The molecule has 1 aromatic rings. The van der Waals surface area contributed by atoms with Gasteiger partial charge in [-0.3, -0.25) is 9.59 Å². The molecule has 0 aromatic heterocycles. The smallest absolute Gasteiger partial charge is 0.321 e. The lowest BCUT2D eigenvalue weighted by Gasteiger charge is -2.27. The highest BCUT2D eigenvalue weighted by Gasteiger charge is 2.30. The van der Waals surface area contributed by atoms with Crippen molar-refractivity contribution in [3.63, 3.8) is 0 Å². The van der Waals surface area contributed by atoms with Crippen LogP contribution in [-0.4, -0.2) is 27.4 Å². The van der Waals surface area contributed by atoms with Gasteiger partial charge >= 0.3 is 11.9 Å². The van der Waals surface area contributed by atoms with Crippen LogP contribution in [0, 0.1) is 5.92 Å². The maximum atomic E-state index is 11.4. The first-order chi connectivity index (χ1) is 9.58. The normalized spacial score (nSPS) is 24.0. The SMILES string of the molecule is O=C(O)C1CCC(SC(C(=O)O)c2ccccc2)CC1. The molecule has 1 fully saturated rings. The van der Waals surface area contributed by atoms with Crippen LogP contribution in [0.4, 0.5) is 0 Å². The van der Waals surface area contributed by atoms with Crippen LogP contribution >= 0.6 is 11.8 Å². The molecule has 2 rings (SSSR count). The fourth-order valence-electron chi connectivity index (χ4n) is 2.55. The van der Waals surface area contributed by atoms with Gasteiger partial charge in [0.1, 0.15) is 5.25 Å². The van der Waals surface area contributed by atoms with E-state index in [0.29, 0.717) is 12.8 Å². The van der Waals surface area contributed by atoms with E-state index in [0.717, 1.165) is 18.4 Å². The number of carboxylic acid groups (broad SMARTS) is 2. The molecule has 0 heterocycles. The Morgan fingerprint density at radius 3 is 2.15 bits per heavy atom. The molecule has 0 spiro atoms. The van der Waals surface area contributed by atoms with Crippen LogP contribution in [0.1, 0.15) is 36.5 Å². The maximum absolute atomic E-state index is 11.4. The second kappa shape index (κ2) is 6.79. The topological polar surface area (TPSA) is 74.6 Å². The second-order valence-corrected chi connectivity index (χ2v) is 6.49. The predicted octanol–water partition coefficient (Wildman–Crippen LogP) is 3.19. The van der Waals surface area contributed by atoms with E-state index in [-0.39, 0.29) is 11.2 Å². The zero-order valence-electron chi connectivity index (χ0n) is 11.1. The van der Waals surface area contributed by atoms with Crippen molar-refractivity contribution in [3.05, 3.63) is 35.9 Å². The number of carbonyl (C=O) groups is 2. The Kier molecular flexibility index (Phi) is 5.06. The van der Waals surface area contributed by atoms with E-state index in [9.17, 15) is 14.7 Å². The number of carboxylic acids is 2. The van der Waals surface area contributed by atoms with Gasteiger partial charge in [0.2, 0.25) is 0 Å². The van der Waals surface area contributed by atoms with Gasteiger partial charge in [-0.2, -0.15) is 0 Å². The molecule has 2 N–H and O–H groups in total. The number of hydrogen-bond acceptors (Lipinski definition) is 3. The highest BCUT2D eigenvalue weighted by atomic mass is 32.2. The molecule has 1 atom stereocenters. The van der Waals surface area contributed by atoms with E-state index < -0.39 is 17.2 Å². The van der Waals surface area contributed by atoms with E-state index >= 15 is 0 Å². The Bertz CT molecular complexity index is 466. The highest BCUT2D eigenvalue weighted by Crippen LogP contribution is 2.40. The quantitative estimate of drug-likeness (QED) is 0.872. The molecular weight excluding hydrogens is 276 g/mol. The predicted molar refractivity (Wildman–Crippen MR) is 77.8 cm³/mol. The van der Waals surface area contributed by atoms with E-state index in [1.807, 2.05) is 30.3 Å². The van der Waals surface area contributed by atoms with Crippen molar-refractivity contribution in [1.29, 1.82) is 0 Å². The Hall–Kier alpha value is -1.49. The van der Waals surface area contributed by atoms with Crippen molar-refractivity contribution in [3.8, 4) is 0 Å². The zero-order valence-corrected chi connectivity index (χ0v) is 11.9. The first-order valence-corrected chi connectivity index (χ1v) is 7.68. The van der Waals surface area contributed by atoms with Gasteiger partial charge in [-0.15, -0.1) is 11.8 Å². The van der Waals surface area contributed by atoms with Gasteiger partial charge in [-0.05, 0) is 31.2 Å². The van der Waals surface area contributed by atoms with Crippen molar-refractivity contribution in [2.45, 2.75) is 36.2 Å². The summed E-state index contributed by atoms with van der Waals surface area (Å²) >= 11 is 1.45. The molecule has 0 bridgehead atoms. The lowest BCUT2D eigenvalue weighted by molar-refractivity contribution is -0.142. The van der Waals surface area contributed by atoms with Crippen LogP contribution in [0.5, 0.6) is 0 Å². The van der Waals surface area contributed by atoms with Crippen LogP contribution in [0.25, 0.3) is 0 Å². The molecule has 108 valence electrons. The van der Waals surface area contributed by atoms with Gasteiger partial charge in [0.15, 0.2) is 0 Å². The van der Waals surface area contributed by atoms with Crippen LogP contribution < -0.4 is 0 Å². The number of hydrogen-bond donors (Lipinski definition) is 2. The summed E-state index contributed by atoms with van der Waals surface area (Å²) in [6.07, 6.45) is 2.85. The monoisotopic (exact) mass is 294 g/mol. The van der Waals surface area contributed by atoms with Crippen LogP contribution in [0.2, 0.25) is 0 Å². The molecule has 1 aromatic carbocycles. The first kappa shape index (κ1) is 14.9. The van der Waals surface area contributed by atoms with Crippen molar-refractivity contribution in [1.82, 2.24) is 0 Å². The van der Waals surface area contributed by atoms with Crippen molar-refractivity contribution < 1.29 is 19.8 Å². The van der Waals surface area contributed by atoms with E-state index in [2.05, 4.69) is 0 Å². The van der Waals surface area contributed by atoms with E-state index in [1.165, 1.54) is 11.8 Å². The molecular formula is C15H18O4S. The molecule has 0 radical (unpaired) electrons. The average molecular weight is 294 g/mol. The molecule has 1 saturated carbocycles. The van der Waals surface area contributed by atoms with Crippen LogP contribution in [0.15, 0.2) is 30.3 Å². The molecule has 1 aliphatic carbocycles. The number of aliphatic carboxylic acids is 2. The van der Waals surface area contributed by atoms with Crippen molar-refractivity contribution in [2.24, 2.45) is 5.92 Å². The summed E-state index contributed by atoms with van der Waals surface area (Å²) in [4.78, 5) is 22.3. The van der Waals surface area contributed by atoms with Gasteiger partial charge in [0, 0.05) is 5.25 Å². The summed E-state index contributed by atoms with van der Waals surface area (Å²) in [5.41, 5.74) is 0.797. The average Bonchev–Trinajstić information content (AvgIpc) is 2.46. The maximum Gasteiger partial charge on any atom is 0.321 e. The second-order valence-electron chi connectivity index (χ2n) is 5.08. The minimum atomic E-state index is -0.832. The summed E-state index contributed by atoms with van der Waals surface area (Å²) in [5.74, 6) is -1.82. The zero-order chi connectivity index (χ0) is 14.5. The molecule has 20 heavy (non-hydrogen) atoms. The minimum Gasteiger partial charge on any atom is -0.481 e. The summed E-state index contributed by atoms with van der Waals surface area (Å²) in [6, 6.07) is 9.20. The minimum absolute atomic E-state index is 0.229. The molecule has 0 amide bonds. The summed E-state index contributed by atoms with van der Waals surface area (Å²) < 4.78 is 0. The standard InChI is InChI=1S/C15H18O4S/c16-14(17)11-6-8-12(9-7-11)20-13(15(18)19)10-4-2-1-3-5-10/h1-5,11-13H,6-9H2,(H,16,17)(H,18,19). The number of thioether (sulfide) groups is 1.